The molecule has 0 aliphatic carbocycles. The number of ether oxygens (including phenoxy) is 2. The normalized spacial score (nSPS) is 17.3. The molecule has 0 aromatic heterocycles. The third kappa shape index (κ3) is 11.4. The molecule has 4 unspecified atom stereocenters. The van der Waals surface area contributed by atoms with E-state index in [-0.39, 0.29) is 42.1 Å². The number of fused-ring (bicyclic) bond motifs is 2. The Balaban J connectivity index is 0.000000297. The second kappa shape index (κ2) is 20.3. The van der Waals surface area contributed by atoms with Crippen LogP contribution in [0.5, 0.6) is 11.5 Å². The van der Waals surface area contributed by atoms with Gasteiger partial charge in [-0.3, -0.25) is 28.8 Å². The van der Waals surface area contributed by atoms with Crippen molar-refractivity contribution in [1.29, 1.82) is 0 Å². The fourth-order valence-electron chi connectivity index (χ4n) is 6.95. The Kier molecular flexibility index (Phi) is 16.4. The standard InChI is InChI=1S/C23H33NO5.C20H27NO5/c1-6-7-8-9-10-19-23(28)24(5)18-12-17(22(27)15(4)11-21(25)26)16(14(2)3)13-20(18)29-19;1-5-6-7-8-14-10-17-16(21(4)20(25)13(3)26-17)11-15(14)19(24)12(2)9-18(22)23/h12-15,19H,6-11H2,1-5H3,(H,25,26);10-13H,5-9H2,1-4H3,(H,22,23). The fourth-order valence-corrected chi connectivity index (χ4v) is 6.95. The first-order valence-corrected chi connectivity index (χ1v) is 19.7. The minimum absolute atomic E-state index is 0.0609. The lowest BCUT2D eigenvalue weighted by Crippen LogP contribution is -2.44. The summed E-state index contributed by atoms with van der Waals surface area (Å²) < 4.78 is 11.8. The van der Waals surface area contributed by atoms with Crippen molar-refractivity contribution >= 4 is 46.7 Å². The molecular formula is C43H60N2O10. The monoisotopic (exact) mass is 764 g/mol. The van der Waals surface area contributed by atoms with Crippen molar-refractivity contribution in [2.24, 2.45) is 11.8 Å². The second-order valence-electron chi connectivity index (χ2n) is 15.2. The summed E-state index contributed by atoms with van der Waals surface area (Å²) in [4.78, 5) is 75.8. The van der Waals surface area contributed by atoms with Crippen LogP contribution in [0.25, 0.3) is 0 Å². The number of nitrogens with zero attached hydrogens (tertiary/aromatic N) is 2. The average molecular weight is 765 g/mol. The molecule has 2 heterocycles. The van der Waals surface area contributed by atoms with Crippen molar-refractivity contribution in [3.05, 3.63) is 46.5 Å². The smallest absolute Gasteiger partial charge is 0.304 e. The average Bonchev–Trinajstić information content (AvgIpc) is 3.13. The Morgan fingerprint density at radius 3 is 1.75 bits per heavy atom. The number of carbonyl (C=O) groups excluding carboxylic acids is 4. The number of likely N-dealkylation sites (N-methyl/N-ethyl adjacent to an activating group) is 2. The summed E-state index contributed by atoms with van der Waals surface area (Å²) in [6, 6.07) is 7.06. The van der Waals surface area contributed by atoms with Gasteiger partial charge in [-0.25, -0.2) is 0 Å². The van der Waals surface area contributed by atoms with Crippen LogP contribution in [0.3, 0.4) is 0 Å². The van der Waals surface area contributed by atoms with Crippen molar-refractivity contribution in [3.8, 4) is 11.5 Å². The van der Waals surface area contributed by atoms with Crippen molar-refractivity contribution in [3.63, 3.8) is 0 Å². The van der Waals surface area contributed by atoms with Gasteiger partial charge < -0.3 is 29.5 Å². The molecule has 0 radical (unpaired) electrons. The zero-order chi connectivity index (χ0) is 41.1. The highest BCUT2D eigenvalue weighted by Gasteiger charge is 2.35. The molecule has 0 saturated heterocycles. The van der Waals surface area contributed by atoms with Crippen molar-refractivity contribution in [1.82, 2.24) is 0 Å². The van der Waals surface area contributed by atoms with Crippen LogP contribution in [-0.2, 0) is 25.6 Å². The quantitative estimate of drug-likeness (QED) is 0.111. The van der Waals surface area contributed by atoms with Gasteiger partial charge in [0.1, 0.15) is 11.5 Å². The lowest BCUT2D eigenvalue weighted by Gasteiger charge is -2.33. The molecule has 2 aromatic rings. The molecule has 2 amide bonds. The highest BCUT2D eigenvalue weighted by molar-refractivity contribution is 6.06. The summed E-state index contributed by atoms with van der Waals surface area (Å²) >= 11 is 0. The molecule has 0 fully saturated rings. The van der Waals surface area contributed by atoms with Crippen LogP contribution in [-0.4, -0.2) is 71.8 Å². The molecule has 4 rings (SSSR count). The van der Waals surface area contributed by atoms with Crippen molar-refractivity contribution in [2.75, 3.05) is 23.9 Å². The zero-order valence-corrected chi connectivity index (χ0v) is 34.0. The number of benzene rings is 2. The van der Waals surface area contributed by atoms with Crippen molar-refractivity contribution in [2.45, 2.75) is 137 Å². The number of carboxylic acids is 2. The lowest BCUT2D eigenvalue weighted by atomic mass is 9.87. The van der Waals surface area contributed by atoms with Crippen molar-refractivity contribution < 1.29 is 48.5 Å². The molecule has 0 bridgehead atoms. The summed E-state index contributed by atoms with van der Waals surface area (Å²) in [5, 5.41) is 18.0. The molecular weight excluding hydrogens is 704 g/mol. The second-order valence-corrected chi connectivity index (χ2v) is 15.2. The van der Waals surface area contributed by atoms with E-state index in [1.54, 1.807) is 51.9 Å². The molecule has 2 aromatic carbocycles. The fraction of sp³-hybridized carbons (Fsp3) is 0.581. The van der Waals surface area contributed by atoms with Gasteiger partial charge in [-0.1, -0.05) is 73.6 Å². The van der Waals surface area contributed by atoms with E-state index >= 15 is 0 Å². The minimum Gasteiger partial charge on any atom is -0.481 e. The van der Waals surface area contributed by atoms with Gasteiger partial charge in [0.25, 0.3) is 11.8 Å². The maximum Gasteiger partial charge on any atom is 0.304 e. The van der Waals surface area contributed by atoms with Gasteiger partial charge in [-0.2, -0.15) is 0 Å². The molecule has 12 nitrogen and oxygen atoms in total. The zero-order valence-electron chi connectivity index (χ0n) is 34.0. The summed E-state index contributed by atoms with van der Waals surface area (Å²) in [6.07, 6.45) is 7.23. The van der Waals surface area contributed by atoms with E-state index in [0.29, 0.717) is 40.4 Å². The Labute approximate surface area is 325 Å². The van der Waals surface area contributed by atoms with Crippen LogP contribution in [0.2, 0.25) is 0 Å². The van der Waals surface area contributed by atoms with Gasteiger partial charge in [0.15, 0.2) is 23.8 Å². The number of carbonyl (C=O) groups is 6. The van der Waals surface area contributed by atoms with E-state index in [9.17, 15) is 28.8 Å². The number of anilines is 2. The van der Waals surface area contributed by atoms with E-state index in [1.165, 1.54) is 4.90 Å². The molecule has 55 heavy (non-hydrogen) atoms. The van der Waals surface area contributed by atoms with Gasteiger partial charge in [0, 0.05) is 37.1 Å². The maximum atomic E-state index is 12.9. The van der Waals surface area contributed by atoms with Gasteiger partial charge in [0.05, 0.1) is 24.2 Å². The van der Waals surface area contributed by atoms with E-state index in [0.717, 1.165) is 62.5 Å². The van der Waals surface area contributed by atoms with Crippen LogP contribution >= 0.6 is 0 Å². The number of rotatable bonds is 18. The summed E-state index contributed by atoms with van der Waals surface area (Å²) in [6.45, 7) is 13.2. The molecule has 302 valence electrons. The molecule has 2 aliphatic heterocycles. The number of carboxylic acid groups (broad SMARTS) is 2. The van der Waals surface area contributed by atoms with E-state index in [4.69, 9.17) is 19.7 Å². The van der Waals surface area contributed by atoms with E-state index in [2.05, 4.69) is 13.8 Å². The molecule has 2 N–H and O–H groups in total. The van der Waals surface area contributed by atoms with Crippen LogP contribution < -0.4 is 19.3 Å². The van der Waals surface area contributed by atoms with Crippen LogP contribution in [0.4, 0.5) is 11.4 Å². The van der Waals surface area contributed by atoms with E-state index in [1.807, 2.05) is 26.0 Å². The minimum atomic E-state index is -1.00. The molecule has 4 atom stereocenters. The summed E-state index contributed by atoms with van der Waals surface area (Å²) in [5.41, 5.74) is 3.75. The number of hydrogen-bond acceptors (Lipinski definition) is 8. The molecule has 12 heteroatoms. The predicted octanol–water partition coefficient (Wildman–Crippen LogP) is 8.25. The first-order valence-electron chi connectivity index (χ1n) is 19.7. The number of aryl methyl sites for hydroxylation is 1. The Morgan fingerprint density at radius 2 is 1.20 bits per heavy atom. The Bertz CT molecular complexity index is 1730. The Morgan fingerprint density at radius 1 is 0.691 bits per heavy atom. The SMILES string of the molecule is CCCCCCC1Oc2cc(C(C)C)c(C(=O)C(C)CC(=O)O)cc2N(C)C1=O.CCCCCc1cc2c(cc1C(=O)C(C)CC(=O)O)N(C)C(=O)C(C)O2. The lowest BCUT2D eigenvalue weighted by molar-refractivity contribution is -0.138. The third-order valence-electron chi connectivity index (χ3n) is 10.3. The highest BCUT2D eigenvalue weighted by atomic mass is 16.5. The Hall–Kier alpha value is -4.74. The largest absolute Gasteiger partial charge is 0.481 e. The predicted molar refractivity (Wildman–Crippen MR) is 212 cm³/mol. The first kappa shape index (κ1) is 44.7. The number of hydrogen-bond donors (Lipinski definition) is 2. The molecule has 2 aliphatic rings. The number of aliphatic carboxylic acids is 2. The van der Waals surface area contributed by atoms with Gasteiger partial charge in [-0.05, 0) is 73.9 Å². The molecule has 0 saturated carbocycles. The van der Waals surface area contributed by atoms with Gasteiger partial charge >= 0.3 is 11.9 Å². The van der Waals surface area contributed by atoms with Crippen LogP contribution in [0.1, 0.15) is 150 Å². The topological polar surface area (TPSA) is 168 Å². The summed E-state index contributed by atoms with van der Waals surface area (Å²) in [7, 11) is 3.36. The van der Waals surface area contributed by atoms with Gasteiger partial charge in [-0.15, -0.1) is 0 Å². The highest BCUT2D eigenvalue weighted by Crippen LogP contribution is 2.40. The van der Waals surface area contributed by atoms with E-state index < -0.39 is 36.0 Å². The van der Waals surface area contributed by atoms with Crippen LogP contribution in [0.15, 0.2) is 24.3 Å². The van der Waals surface area contributed by atoms with Crippen LogP contribution in [0, 0.1) is 11.8 Å². The number of unbranched alkanes of at least 4 members (excludes halogenated alkanes) is 5. The number of Topliss-reactive ketones (excluding diaryl/α,β-unsaturated/α-hetero) is 2. The first-order chi connectivity index (χ1) is 25.9. The summed E-state index contributed by atoms with van der Waals surface area (Å²) in [5.74, 6) is -2.71. The number of ketones is 2. The number of amides is 2. The maximum absolute atomic E-state index is 12.9. The third-order valence-corrected chi connectivity index (χ3v) is 10.3. The molecule has 0 spiro atoms. The van der Waals surface area contributed by atoms with Gasteiger partial charge in [0.2, 0.25) is 0 Å².